The van der Waals surface area contributed by atoms with Gasteiger partial charge in [-0.1, -0.05) is 11.6 Å². The van der Waals surface area contributed by atoms with Crippen LogP contribution in [-0.2, 0) is 6.54 Å². The second-order valence-electron chi connectivity index (χ2n) is 3.31. The lowest BCUT2D eigenvalue weighted by atomic mass is 10.1. The number of rotatable bonds is 5. The third kappa shape index (κ3) is 3.38. The first-order chi connectivity index (χ1) is 7.19. The first kappa shape index (κ1) is 12.3. The quantitative estimate of drug-likeness (QED) is 0.756. The zero-order valence-corrected chi connectivity index (χ0v) is 9.77. The summed E-state index contributed by atoms with van der Waals surface area (Å²) in [5.74, 6) is 0.695. The van der Waals surface area contributed by atoms with Crippen LogP contribution in [0.2, 0.25) is 5.02 Å². The SMILES string of the molecule is COc1cc(C)c(CNCCO)cc1Cl. The molecule has 0 saturated heterocycles. The molecule has 0 atom stereocenters. The van der Waals surface area contributed by atoms with Gasteiger partial charge in [-0.25, -0.2) is 0 Å². The van der Waals surface area contributed by atoms with Gasteiger partial charge in [-0.3, -0.25) is 0 Å². The molecule has 4 heteroatoms. The molecule has 0 unspecified atom stereocenters. The number of halogens is 1. The third-order valence-electron chi connectivity index (χ3n) is 2.21. The van der Waals surface area contributed by atoms with Crippen LogP contribution in [0.15, 0.2) is 12.1 Å². The topological polar surface area (TPSA) is 41.5 Å². The summed E-state index contributed by atoms with van der Waals surface area (Å²) in [5, 5.41) is 12.4. The van der Waals surface area contributed by atoms with Gasteiger partial charge in [0.05, 0.1) is 18.7 Å². The molecule has 0 spiro atoms. The summed E-state index contributed by atoms with van der Waals surface area (Å²) in [4.78, 5) is 0. The van der Waals surface area contributed by atoms with Crippen LogP contribution in [-0.4, -0.2) is 25.4 Å². The van der Waals surface area contributed by atoms with E-state index in [1.165, 1.54) is 0 Å². The Balaban J connectivity index is 2.76. The predicted molar refractivity (Wildman–Crippen MR) is 61.5 cm³/mol. The molecule has 3 nitrogen and oxygen atoms in total. The van der Waals surface area contributed by atoms with E-state index in [1.807, 2.05) is 19.1 Å². The maximum Gasteiger partial charge on any atom is 0.137 e. The summed E-state index contributed by atoms with van der Waals surface area (Å²) < 4.78 is 5.11. The average Bonchev–Trinajstić information content (AvgIpc) is 2.23. The van der Waals surface area contributed by atoms with Crippen LogP contribution < -0.4 is 10.1 Å². The lowest BCUT2D eigenvalue weighted by Gasteiger charge is -2.10. The molecule has 1 rings (SSSR count). The fraction of sp³-hybridized carbons (Fsp3) is 0.455. The second kappa shape index (κ2) is 5.95. The van der Waals surface area contributed by atoms with Gasteiger partial charge in [-0.15, -0.1) is 0 Å². The molecule has 0 saturated carbocycles. The molecule has 84 valence electrons. The van der Waals surface area contributed by atoms with Gasteiger partial charge in [0, 0.05) is 13.1 Å². The molecule has 0 aliphatic rings. The van der Waals surface area contributed by atoms with E-state index in [0.717, 1.165) is 11.1 Å². The smallest absolute Gasteiger partial charge is 0.137 e. The Morgan fingerprint density at radius 3 is 2.80 bits per heavy atom. The van der Waals surface area contributed by atoms with Gasteiger partial charge in [0.25, 0.3) is 0 Å². The van der Waals surface area contributed by atoms with Crippen molar-refractivity contribution >= 4 is 11.6 Å². The number of benzene rings is 1. The number of methoxy groups -OCH3 is 1. The summed E-state index contributed by atoms with van der Waals surface area (Å²) in [5.41, 5.74) is 2.25. The van der Waals surface area contributed by atoms with Gasteiger partial charge >= 0.3 is 0 Å². The summed E-state index contributed by atoms with van der Waals surface area (Å²) in [7, 11) is 1.60. The lowest BCUT2D eigenvalue weighted by Crippen LogP contribution is -2.18. The third-order valence-corrected chi connectivity index (χ3v) is 2.51. The molecule has 0 fully saturated rings. The lowest BCUT2D eigenvalue weighted by molar-refractivity contribution is 0.292. The van der Waals surface area contributed by atoms with E-state index in [9.17, 15) is 0 Å². The number of ether oxygens (including phenoxy) is 1. The summed E-state index contributed by atoms with van der Waals surface area (Å²) >= 11 is 6.01. The van der Waals surface area contributed by atoms with Crippen LogP contribution in [0, 0.1) is 6.92 Å². The van der Waals surface area contributed by atoms with E-state index < -0.39 is 0 Å². The largest absolute Gasteiger partial charge is 0.495 e. The molecule has 1 aromatic carbocycles. The molecule has 0 aliphatic carbocycles. The van der Waals surface area contributed by atoms with Gasteiger partial charge < -0.3 is 15.2 Å². The normalized spacial score (nSPS) is 10.4. The number of nitrogens with one attached hydrogen (secondary N) is 1. The second-order valence-corrected chi connectivity index (χ2v) is 3.72. The Bertz CT molecular complexity index is 329. The van der Waals surface area contributed by atoms with E-state index >= 15 is 0 Å². The van der Waals surface area contributed by atoms with Gasteiger partial charge in [-0.05, 0) is 30.2 Å². The van der Waals surface area contributed by atoms with E-state index in [4.69, 9.17) is 21.4 Å². The van der Waals surface area contributed by atoms with E-state index in [2.05, 4.69) is 5.32 Å². The van der Waals surface area contributed by atoms with Crippen LogP contribution in [0.1, 0.15) is 11.1 Å². The fourth-order valence-electron chi connectivity index (χ4n) is 1.35. The maximum absolute atomic E-state index is 8.64. The van der Waals surface area contributed by atoms with Crippen molar-refractivity contribution in [1.82, 2.24) is 5.32 Å². The maximum atomic E-state index is 8.64. The molecule has 0 radical (unpaired) electrons. The van der Waals surface area contributed by atoms with Crippen LogP contribution in [0.5, 0.6) is 5.75 Å². The Morgan fingerprint density at radius 1 is 1.47 bits per heavy atom. The predicted octanol–water partition coefficient (Wildman–Crippen LogP) is 1.74. The Morgan fingerprint density at radius 2 is 2.20 bits per heavy atom. The van der Waals surface area contributed by atoms with Gasteiger partial charge in [0.15, 0.2) is 0 Å². The van der Waals surface area contributed by atoms with Crippen molar-refractivity contribution in [2.24, 2.45) is 0 Å². The van der Waals surface area contributed by atoms with Crippen molar-refractivity contribution in [3.05, 3.63) is 28.3 Å². The zero-order chi connectivity index (χ0) is 11.3. The van der Waals surface area contributed by atoms with Gasteiger partial charge in [-0.2, -0.15) is 0 Å². The molecule has 0 heterocycles. The number of aryl methyl sites for hydroxylation is 1. The van der Waals surface area contributed by atoms with Crippen molar-refractivity contribution in [3.63, 3.8) is 0 Å². The minimum Gasteiger partial charge on any atom is -0.495 e. The number of hydrogen-bond acceptors (Lipinski definition) is 3. The number of hydrogen-bond donors (Lipinski definition) is 2. The summed E-state index contributed by atoms with van der Waals surface area (Å²) in [6, 6.07) is 3.80. The highest BCUT2D eigenvalue weighted by molar-refractivity contribution is 6.32. The van der Waals surface area contributed by atoms with Crippen LogP contribution >= 0.6 is 11.6 Å². The van der Waals surface area contributed by atoms with Crippen LogP contribution in [0.3, 0.4) is 0 Å². The van der Waals surface area contributed by atoms with Gasteiger partial charge in [0.1, 0.15) is 5.75 Å². The Kier molecular flexibility index (Phi) is 4.88. The minimum atomic E-state index is 0.142. The molecule has 0 aliphatic heterocycles. The van der Waals surface area contributed by atoms with Gasteiger partial charge in [0.2, 0.25) is 0 Å². The highest BCUT2D eigenvalue weighted by Gasteiger charge is 2.05. The van der Waals surface area contributed by atoms with Crippen LogP contribution in [0.4, 0.5) is 0 Å². The van der Waals surface area contributed by atoms with E-state index in [0.29, 0.717) is 23.9 Å². The van der Waals surface area contributed by atoms with Crippen LogP contribution in [0.25, 0.3) is 0 Å². The molecule has 0 aromatic heterocycles. The van der Waals surface area contributed by atoms with Crippen molar-refractivity contribution in [3.8, 4) is 5.75 Å². The average molecular weight is 230 g/mol. The molecule has 0 bridgehead atoms. The van der Waals surface area contributed by atoms with E-state index in [-0.39, 0.29) is 6.61 Å². The Hall–Kier alpha value is -0.770. The van der Waals surface area contributed by atoms with Crippen molar-refractivity contribution in [1.29, 1.82) is 0 Å². The van der Waals surface area contributed by atoms with E-state index in [1.54, 1.807) is 7.11 Å². The first-order valence-corrected chi connectivity index (χ1v) is 5.21. The molecular formula is C11H16ClNO2. The molecule has 15 heavy (non-hydrogen) atoms. The molecule has 1 aromatic rings. The molecule has 2 N–H and O–H groups in total. The van der Waals surface area contributed by atoms with Crippen molar-refractivity contribution in [2.45, 2.75) is 13.5 Å². The molecular weight excluding hydrogens is 214 g/mol. The highest BCUT2D eigenvalue weighted by Crippen LogP contribution is 2.27. The standard InChI is InChI=1S/C11H16ClNO2/c1-8-5-11(15-2)10(12)6-9(8)7-13-3-4-14/h5-6,13-14H,3-4,7H2,1-2H3. The van der Waals surface area contributed by atoms with Crippen molar-refractivity contribution in [2.75, 3.05) is 20.3 Å². The first-order valence-electron chi connectivity index (χ1n) is 4.83. The zero-order valence-electron chi connectivity index (χ0n) is 9.01. The summed E-state index contributed by atoms with van der Waals surface area (Å²) in [6.07, 6.45) is 0. The number of aliphatic hydroxyl groups excluding tert-OH is 1. The molecule has 0 amide bonds. The highest BCUT2D eigenvalue weighted by atomic mass is 35.5. The minimum absolute atomic E-state index is 0.142. The monoisotopic (exact) mass is 229 g/mol. The fourth-order valence-corrected chi connectivity index (χ4v) is 1.61. The van der Waals surface area contributed by atoms with Crippen molar-refractivity contribution < 1.29 is 9.84 Å². The summed E-state index contributed by atoms with van der Waals surface area (Å²) in [6.45, 7) is 3.44. The Labute approximate surface area is 95.0 Å². The number of aliphatic hydroxyl groups is 1.